The van der Waals surface area contributed by atoms with Gasteiger partial charge in [0.05, 0.1) is 30.1 Å². The second-order valence-electron chi connectivity index (χ2n) is 11.9. The van der Waals surface area contributed by atoms with Gasteiger partial charge in [0, 0.05) is 25.7 Å². The summed E-state index contributed by atoms with van der Waals surface area (Å²) >= 11 is 0. The van der Waals surface area contributed by atoms with Gasteiger partial charge in [0.15, 0.2) is 0 Å². The topological polar surface area (TPSA) is 90.4 Å². The fraction of sp³-hybridized carbons (Fsp3) is 0.759. The molecule has 0 radical (unpaired) electrons. The van der Waals surface area contributed by atoms with Crippen LogP contribution in [0, 0.1) is 17.8 Å². The number of nitrogens with zero attached hydrogens (tertiary/aromatic N) is 3. The van der Waals surface area contributed by atoms with Gasteiger partial charge in [-0.1, -0.05) is 58.4 Å². The first kappa shape index (κ1) is 27.8. The molecule has 4 heterocycles. The standard InChI is InChI=1S/C29H45N3O5/c1-7-11-20(5)31-16-10-13-29-23(22-25(34)30(14-8-2)15-9-12-28(22,6)37-29)26(35)32(24(29)27(31)36)21(18-33)17-19(3)4/h9-10,12-13,19-24,33H,7-8,11,14-18H2,1-6H3/t20?,21-,22-,23+,24?,28+,29+/m1/s1. The van der Waals surface area contributed by atoms with Crippen molar-refractivity contribution in [3.05, 3.63) is 24.3 Å². The summed E-state index contributed by atoms with van der Waals surface area (Å²) in [6.07, 6.45) is 10.9. The van der Waals surface area contributed by atoms with Gasteiger partial charge in [-0.05, 0) is 39.0 Å². The Morgan fingerprint density at radius 3 is 2.32 bits per heavy atom. The molecule has 2 unspecified atom stereocenters. The van der Waals surface area contributed by atoms with Gasteiger partial charge in [0.25, 0.3) is 0 Å². The van der Waals surface area contributed by atoms with Crippen molar-refractivity contribution in [2.75, 3.05) is 26.2 Å². The first-order chi connectivity index (χ1) is 17.6. The van der Waals surface area contributed by atoms with E-state index in [1.54, 1.807) is 9.80 Å². The highest BCUT2D eigenvalue weighted by Crippen LogP contribution is 2.58. The van der Waals surface area contributed by atoms with Crippen LogP contribution in [0.1, 0.15) is 67.2 Å². The molecular weight excluding hydrogens is 470 g/mol. The average Bonchev–Trinajstić information content (AvgIpc) is 3.11. The number of fused-ring (bicyclic) bond motifs is 2. The zero-order valence-corrected chi connectivity index (χ0v) is 23.4. The first-order valence-electron chi connectivity index (χ1n) is 14.1. The molecular formula is C29H45N3O5. The molecule has 0 aromatic heterocycles. The maximum atomic E-state index is 14.4. The Balaban J connectivity index is 1.87. The molecule has 206 valence electrons. The molecule has 0 aromatic carbocycles. The van der Waals surface area contributed by atoms with Crippen LogP contribution in [-0.2, 0) is 19.1 Å². The lowest BCUT2D eigenvalue weighted by Gasteiger charge is -2.41. The van der Waals surface area contributed by atoms with E-state index in [-0.39, 0.29) is 36.3 Å². The SMILES string of the molecule is CCCC(C)N1CC=C[C@]23O[C@@]4(C)C=CCN(CCC)C(=O)[C@H]4[C@H]2C(=O)N([C@@H](CO)CC(C)C)C3C1=O. The van der Waals surface area contributed by atoms with Crippen molar-refractivity contribution in [3.63, 3.8) is 0 Å². The number of aliphatic hydroxyl groups excluding tert-OH is 1. The smallest absolute Gasteiger partial charge is 0.249 e. The number of rotatable bonds is 9. The van der Waals surface area contributed by atoms with Crippen molar-refractivity contribution in [2.24, 2.45) is 17.8 Å². The van der Waals surface area contributed by atoms with Crippen LogP contribution in [0.2, 0.25) is 0 Å². The van der Waals surface area contributed by atoms with E-state index in [9.17, 15) is 19.5 Å². The normalized spacial score (nSPS) is 35.0. The van der Waals surface area contributed by atoms with Crippen LogP contribution >= 0.6 is 0 Å². The van der Waals surface area contributed by atoms with Gasteiger partial charge in [-0.25, -0.2) is 0 Å². The van der Waals surface area contributed by atoms with E-state index in [1.807, 2.05) is 63.8 Å². The Morgan fingerprint density at radius 1 is 1.00 bits per heavy atom. The highest BCUT2D eigenvalue weighted by atomic mass is 16.5. The summed E-state index contributed by atoms with van der Waals surface area (Å²) in [6.45, 7) is 13.4. The van der Waals surface area contributed by atoms with E-state index in [1.165, 1.54) is 0 Å². The van der Waals surface area contributed by atoms with E-state index in [2.05, 4.69) is 6.92 Å². The predicted molar refractivity (Wildman–Crippen MR) is 141 cm³/mol. The fourth-order valence-corrected chi connectivity index (χ4v) is 7.18. The summed E-state index contributed by atoms with van der Waals surface area (Å²) in [5, 5.41) is 10.4. The van der Waals surface area contributed by atoms with Crippen molar-refractivity contribution in [3.8, 4) is 0 Å². The Labute approximate surface area is 221 Å². The summed E-state index contributed by atoms with van der Waals surface area (Å²) < 4.78 is 6.87. The zero-order valence-electron chi connectivity index (χ0n) is 23.4. The van der Waals surface area contributed by atoms with Gasteiger partial charge in [-0.15, -0.1) is 0 Å². The minimum atomic E-state index is -1.27. The largest absolute Gasteiger partial charge is 0.394 e. The lowest BCUT2D eigenvalue weighted by atomic mass is 9.74. The van der Waals surface area contributed by atoms with Crippen LogP contribution in [0.4, 0.5) is 0 Å². The van der Waals surface area contributed by atoms with Crippen molar-refractivity contribution in [1.29, 1.82) is 0 Å². The number of ether oxygens (including phenoxy) is 1. The van der Waals surface area contributed by atoms with Crippen molar-refractivity contribution in [2.45, 2.75) is 96.6 Å². The molecule has 0 aliphatic carbocycles. The molecule has 37 heavy (non-hydrogen) atoms. The molecule has 1 spiro atoms. The predicted octanol–water partition coefficient (Wildman–Crippen LogP) is 2.76. The number of likely N-dealkylation sites (tertiary alicyclic amines) is 1. The third-order valence-electron chi connectivity index (χ3n) is 8.69. The molecule has 4 aliphatic heterocycles. The Kier molecular flexibility index (Phi) is 7.92. The number of hydrogen-bond donors (Lipinski definition) is 1. The molecule has 3 amide bonds. The maximum absolute atomic E-state index is 14.4. The van der Waals surface area contributed by atoms with Gasteiger partial charge in [0.2, 0.25) is 17.7 Å². The minimum Gasteiger partial charge on any atom is -0.394 e. The summed E-state index contributed by atoms with van der Waals surface area (Å²) in [5.41, 5.74) is -2.28. The lowest BCUT2D eigenvalue weighted by Crippen LogP contribution is -2.59. The molecule has 2 saturated heterocycles. The third kappa shape index (κ3) is 4.44. The monoisotopic (exact) mass is 515 g/mol. The highest BCUT2D eigenvalue weighted by Gasteiger charge is 2.75. The average molecular weight is 516 g/mol. The van der Waals surface area contributed by atoms with Crippen molar-refractivity contribution in [1.82, 2.24) is 14.7 Å². The van der Waals surface area contributed by atoms with E-state index < -0.39 is 35.1 Å². The van der Waals surface area contributed by atoms with Gasteiger partial charge in [-0.3, -0.25) is 14.4 Å². The van der Waals surface area contributed by atoms with Crippen LogP contribution in [0.5, 0.6) is 0 Å². The van der Waals surface area contributed by atoms with E-state index in [0.717, 1.165) is 19.3 Å². The second kappa shape index (κ2) is 10.5. The molecule has 1 N–H and O–H groups in total. The molecule has 7 atom stereocenters. The molecule has 0 saturated carbocycles. The van der Waals surface area contributed by atoms with Crippen molar-refractivity contribution >= 4 is 17.7 Å². The number of aliphatic hydroxyl groups is 1. The number of hydrogen-bond acceptors (Lipinski definition) is 5. The van der Waals surface area contributed by atoms with Crippen LogP contribution in [0.15, 0.2) is 24.3 Å². The molecule has 4 aliphatic rings. The van der Waals surface area contributed by atoms with Crippen LogP contribution < -0.4 is 0 Å². The summed E-state index contributed by atoms with van der Waals surface area (Å²) in [6, 6.07) is -1.46. The molecule has 8 nitrogen and oxygen atoms in total. The Bertz CT molecular complexity index is 963. The van der Waals surface area contributed by atoms with E-state index in [0.29, 0.717) is 26.1 Å². The highest BCUT2D eigenvalue weighted by molar-refractivity contribution is 6.00. The molecule has 8 heteroatoms. The van der Waals surface area contributed by atoms with Crippen molar-refractivity contribution < 1.29 is 24.2 Å². The zero-order chi connectivity index (χ0) is 27.1. The summed E-state index contributed by atoms with van der Waals surface area (Å²) in [4.78, 5) is 48.1. The Hall–Kier alpha value is -2.19. The van der Waals surface area contributed by atoms with Gasteiger partial charge in [0.1, 0.15) is 11.6 Å². The molecule has 0 bridgehead atoms. The quantitative estimate of drug-likeness (QED) is 0.477. The summed E-state index contributed by atoms with van der Waals surface area (Å²) in [5.74, 6) is -1.89. The molecule has 4 rings (SSSR count). The number of carbonyl (C=O) groups is 3. The number of carbonyl (C=O) groups excluding carboxylic acids is 3. The van der Waals surface area contributed by atoms with E-state index in [4.69, 9.17) is 4.74 Å². The van der Waals surface area contributed by atoms with Crippen LogP contribution in [0.3, 0.4) is 0 Å². The molecule has 2 fully saturated rings. The Morgan fingerprint density at radius 2 is 1.70 bits per heavy atom. The summed E-state index contributed by atoms with van der Waals surface area (Å²) in [7, 11) is 0. The van der Waals surface area contributed by atoms with Gasteiger partial charge in [-0.2, -0.15) is 0 Å². The lowest BCUT2D eigenvalue weighted by molar-refractivity contribution is -0.157. The number of amides is 3. The van der Waals surface area contributed by atoms with Gasteiger partial charge < -0.3 is 24.5 Å². The second-order valence-corrected chi connectivity index (χ2v) is 11.9. The van der Waals surface area contributed by atoms with Crippen LogP contribution in [-0.4, -0.2) is 93.1 Å². The third-order valence-corrected chi connectivity index (χ3v) is 8.69. The van der Waals surface area contributed by atoms with Gasteiger partial charge >= 0.3 is 0 Å². The molecule has 0 aromatic rings. The minimum absolute atomic E-state index is 0.00461. The maximum Gasteiger partial charge on any atom is 0.249 e. The fourth-order valence-electron chi connectivity index (χ4n) is 7.18. The first-order valence-corrected chi connectivity index (χ1v) is 14.1. The van der Waals surface area contributed by atoms with Crippen LogP contribution in [0.25, 0.3) is 0 Å². The van der Waals surface area contributed by atoms with E-state index >= 15 is 0 Å².